The van der Waals surface area contributed by atoms with Crippen LogP contribution in [0.4, 0.5) is 0 Å². The zero-order valence-corrected chi connectivity index (χ0v) is 9.85. The second-order valence-electron chi connectivity index (χ2n) is 3.71. The molecule has 88 valence electrons. The van der Waals surface area contributed by atoms with Gasteiger partial charge < -0.3 is 9.64 Å². The summed E-state index contributed by atoms with van der Waals surface area (Å²) in [6.45, 7) is 1.24. The monoisotopic (exact) mass is 222 g/mol. The van der Waals surface area contributed by atoms with Gasteiger partial charge in [-0.3, -0.25) is 9.78 Å². The van der Waals surface area contributed by atoms with Gasteiger partial charge in [-0.2, -0.15) is 0 Å². The molecule has 16 heavy (non-hydrogen) atoms. The molecule has 1 heterocycles. The molecule has 0 saturated heterocycles. The maximum atomic E-state index is 11.7. The predicted molar refractivity (Wildman–Crippen MR) is 61.8 cm³/mol. The summed E-state index contributed by atoms with van der Waals surface area (Å²) in [5, 5.41) is 0. The highest BCUT2D eigenvalue weighted by Crippen LogP contribution is 2.03. The molecule has 1 amide bonds. The van der Waals surface area contributed by atoms with Gasteiger partial charge in [-0.1, -0.05) is 6.07 Å². The number of ether oxygens (including phenoxy) is 1. The fraction of sp³-hybridized carbons (Fsp3) is 0.500. The molecule has 4 nitrogen and oxygen atoms in total. The van der Waals surface area contributed by atoms with E-state index in [1.807, 2.05) is 19.2 Å². The van der Waals surface area contributed by atoms with Crippen molar-refractivity contribution in [2.75, 3.05) is 20.8 Å². The van der Waals surface area contributed by atoms with E-state index in [0.29, 0.717) is 19.6 Å². The third-order valence-corrected chi connectivity index (χ3v) is 2.31. The van der Waals surface area contributed by atoms with Gasteiger partial charge in [0.05, 0.1) is 0 Å². The maximum absolute atomic E-state index is 11.7. The van der Waals surface area contributed by atoms with E-state index >= 15 is 0 Å². The summed E-state index contributed by atoms with van der Waals surface area (Å²) in [7, 11) is 3.45. The summed E-state index contributed by atoms with van der Waals surface area (Å²) in [5.41, 5.74) is 1.05. The molecule has 1 rings (SSSR count). The second kappa shape index (κ2) is 6.95. The molecule has 0 fully saturated rings. The van der Waals surface area contributed by atoms with Crippen molar-refractivity contribution >= 4 is 5.91 Å². The Balaban J connectivity index is 2.34. The molecule has 0 spiro atoms. The number of carbonyl (C=O) groups is 1. The number of pyridine rings is 1. The van der Waals surface area contributed by atoms with Crippen LogP contribution in [-0.2, 0) is 16.1 Å². The van der Waals surface area contributed by atoms with Crippen LogP contribution in [0.25, 0.3) is 0 Å². The molecule has 4 heteroatoms. The van der Waals surface area contributed by atoms with Gasteiger partial charge >= 0.3 is 0 Å². The first-order valence-electron chi connectivity index (χ1n) is 5.36. The summed E-state index contributed by atoms with van der Waals surface area (Å²) in [6, 6.07) is 3.84. The Kier molecular flexibility index (Phi) is 5.50. The first-order chi connectivity index (χ1) is 7.74. The molecule has 0 bridgehead atoms. The molecule has 0 aromatic carbocycles. The molecule has 0 radical (unpaired) electrons. The van der Waals surface area contributed by atoms with Crippen LogP contribution in [0.15, 0.2) is 24.5 Å². The van der Waals surface area contributed by atoms with Crippen molar-refractivity contribution in [1.29, 1.82) is 0 Å². The van der Waals surface area contributed by atoms with Crippen LogP contribution in [0.3, 0.4) is 0 Å². The lowest BCUT2D eigenvalue weighted by Gasteiger charge is -2.16. The van der Waals surface area contributed by atoms with Gasteiger partial charge in [0.1, 0.15) is 0 Å². The Morgan fingerprint density at radius 2 is 2.38 bits per heavy atom. The van der Waals surface area contributed by atoms with Crippen LogP contribution in [0.5, 0.6) is 0 Å². The van der Waals surface area contributed by atoms with Crippen LogP contribution in [0.1, 0.15) is 18.4 Å². The first-order valence-corrected chi connectivity index (χ1v) is 5.36. The van der Waals surface area contributed by atoms with E-state index in [4.69, 9.17) is 4.74 Å². The van der Waals surface area contributed by atoms with Gasteiger partial charge in [0.2, 0.25) is 5.91 Å². The molecular formula is C12H18N2O2. The standard InChI is InChI=1S/C12H18N2O2/c1-14(12(15)6-4-8-16-2)10-11-5-3-7-13-9-11/h3,5,7,9H,4,6,8,10H2,1-2H3. The van der Waals surface area contributed by atoms with Crippen molar-refractivity contribution in [2.45, 2.75) is 19.4 Å². The van der Waals surface area contributed by atoms with E-state index in [0.717, 1.165) is 12.0 Å². The van der Waals surface area contributed by atoms with Crippen molar-refractivity contribution in [3.63, 3.8) is 0 Å². The van der Waals surface area contributed by atoms with E-state index in [-0.39, 0.29) is 5.91 Å². The summed E-state index contributed by atoms with van der Waals surface area (Å²) in [5.74, 6) is 0.140. The maximum Gasteiger partial charge on any atom is 0.222 e. The highest BCUT2D eigenvalue weighted by molar-refractivity contribution is 5.75. The summed E-state index contributed by atoms with van der Waals surface area (Å²) < 4.78 is 4.91. The minimum atomic E-state index is 0.140. The predicted octanol–water partition coefficient (Wildman–Crippen LogP) is 1.47. The highest BCUT2D eigenvalue weighted by atomic mass is 16.5. The fourth-order valence-corrected chi connectivity index (χ4v) is 1.41. The van der Waals surface area contributed by atoms with Crippen molar-refractivity contribution in [1.82, 2.24) is 9.88 Å². The van der Waals surface area contributed by atoms with Crippen LogP contribution in [0, 0.1) is 0 Å². The zero-order chi connectivity index (χ0) is 11.8. The number of rotatable bonds is 6. The Bertz CT molecular complexity index is 314. The summed E-state index contributed by atoms with van der Waals surface area (Å²) >= 11 is 0. The van der Waals surface area contributed by atoms with E-state index in [1.54, 1.807) is 24.4 Å². The lowest BCUT2D eigenvalue weighted by Crippen LogP contribution is -2.26. The number of methoxy groups -OCH3 is 1. The quantitative estimate of drug-likeness (QED) is 0.684. The molecule has 0 saturated carbocycles. The fourth-order valence-electron chi connectivity index (χ4n) is 1.41. The zero-order valence-electron chi connectivity index (χ0n) is 9.85. The summed E-state index contributed by atoms with van der Waals surface area (Å²) in [6.07, 6.45) is 4.81. The van der Waals surface area contributed by atoms with E-state index in [9.17, 15) is 4.79 Å². The van der Waals surface area contributed by atoms with Crippen LogP contribution < -0.4 is 0 Å². The van der Waals surface area contributed by atoms with Crippen molar-refractivity contribution < 1.29 is 9.53 Å². The molecule has 0 atom stereocenters. The van der Waals surface area contributed by atoms with Gasteiger partial charge in [0, 0.05) is 46.1 Å². The number of aromatic nitrogens is 1. The van der Waals surface area contributed by atoms with Crippen LogP contribution in [0.2, 0.25) is 0 Å². The van der Waals surface area contributed by atoms with E-state index in [1.165, 1.54) is 0 Å². The molecule has 0 unspecified atom stereocenters. The minimum Gasteiger partial charge on any atom is -0.385 e. The number of hydrogen-bond donors (Lipinski definition) is 0. The highest BCUT2D eigenvalue weighted by Gasteiger charge is 2.08. The minimum absolute atomic E-state index is 0.140. The van der Waals surface area contributed by atoms with Gasteiger partial charge in [-0.15, -0.1) is 0 Å². The molecule has 1 aromatic heterocycles. The SMILES string of the molecule is COCCCC(=O)N(C)Cc1cccnc1. The molecule has 0 N–H and O–H groups in total. The average Bonchev–Trinajstić information content (AvgIpc) is 2.30. The molecule has 0 aliphatic rings. The average molecular weight is 222 g/mol. The Labute approximate surface area is 96.2 Å². The first kappa shape index (κ1) is 12.6. The van der Waals surface area contributed by atoms with Gasteiger partial charge in [0.15, 0.2) is 0 Å². The molecule has 1 aromatic rings. The topological polar surface area (TPSA) is 42.4 Å². The molecular weight excluding hydrogens is 204 g/mol. The van der Waals surface area contributed by atoms with Gasteiger partial charge in [-0.05, 0) is 18.1 Å². The molecule has 0 aliphatic heterocycles. The number of amides is 1. The normalized spacial score (nSPS) is 10.1. The lowest BCUT2D eigenvalue weighted by atomic mass is 10.2. The van der Waals surface area contributed by atoms with Crippen molar-refractivity contribution in [2.24, 2.45) is 0 Å². The van der Waals surface area contributed by atoms with E-state index < -0.39 is 0 Å². The number of nitrogens with zero attached hydrogens (tertiary/aromatic N) is 2. The third-order valence-electron chi connectivity index (χ3n) is 2.31. The lowest BCUT2D eigenvalue weighted by molar-refractivity contribution is -0.130. The van der Waals surface area contributed by atoms with Gasteiger partial charge in [0.25, 0.3) is 0 Å². The number of hydrogen-bond acceptors (Lipinski definition) is 3. The third kappa shape index (κ3) is 4.40. The second-order valence-corrected chi connectivity index (χ2v) is 3.71. The van der Waals surface area contributed by atoms with Crippen LogP contribution >= 0.6 is 0 Å². The van der Waals surface area contributed by atoms with Crippen LogP contribution in [-0.4, -0.2) is 36.6 Å². The summed E-state index contributed by atoms with van der Waals surface area (Å²) in [4.78, 5) is 17.4. The van der Waals surface area contributed by atoms with Crippen molar-refractivity contribution in [3.05, 3.63) is 30.1 Å². The Hall–Kier alpha value is -1.42. The smallest absolute Gasteiger partial charge is 0.222 e. The van der Waals surface area contributed by atoms with Crippen molar-refractivity contribution in [3.8, 4) is 0 Å². The Morgan fingerprint density at radius 1 is 1.56 bits per heavy atom. The molecule has 0 aliphatic carbocycles. The largest absolute Gasteiger partial charge is 0.385 e. The number of carbonyl (C=O) groups excluding carboxylic acids is 1. The Morgan fingerprint density at radius 3 is 3.00 bits per heavy atom. The van der Waals surface area contributed by atoms with Gasteiger partial charge in [-0.25, -0.2) is 0 Å². The van der Waals surface area contributed by atoms with E-state index in [2.05, 4.69) is 4.98 Å².